The van der Waals surface area contributed by atoms with Gasteiger partial charge in [-0.3, -0.25) is 19.0 Å². The number of hydrogen-bond donors (Lipinski definition) is 2. The van der Waals surface area contributed by atoms with Crippen LogP contribution in [0.25, 0.3) is 0 Å². The van der Waals surface area contributed by atoms with E-state index < -0.39 is 31.9 Å². The fraction of sp³-hybridized carbons (Fsp3) is 0.800. The van der Waals surface area contributed by atoms with Crippen molar-refractivity contribution in [1.82, 2.24) is 9.44 Å². The van der Waals surface area contributed by atoms with Gasteiger partial charge in [-0.15, -0.1) is 0 Å². The molecule has 0 aromatic heterocycles. The molecule has 0 aliphatic heterocycles. The quantitative estimate of drug-likeness (QED) is 0.711. The van der Waals surface area contributed by atoms with E-state index >= 15 is 0 Å². The molecule has 2 amide bonds. The van der Waals surface area contributed by atoms with Gasteiger partial charge in [0.25, 0.3) is 0 Å². The number of nitrogens with one attached hydrogen (secondary N) is 2. The molecular weight excluding hydrogens is 308 g/mol. The van der Waals surface area contributed by atoms with Crippen LogP contribution in [0.2, 0.25) is 0 Å². The van der Waals surface area contributed by atoms with E-state index in [2.05, 4.69) is 0 Å². The molecule has 0 heterocycles. The van der Waals surface area contributed by atoms with Crippen LogP contribution in [-0.4, -0.2) is 41.2 Å². The minimum absolute atomic E-state index is 0.297. The average Bonchev–Trinajstić information content (AvgIpc) is 2.12. The molecule has 0 bridgehead atoms. The number of rotatable bonds is 4. The average molecular weight is 330 g/mol. The highest BCUT2D eigenvalue weighted by atomic mass is 32.2. The molecule has 0 saturated carbocycles. The standard InChI is InChI=1S/2C5H11NO3S/c2*1-4(2)5(7)6-10(3,8)9/h2*4H,1-3H3,(H,6,7). The Morgan fingerprint density at radius 3 is 0.950 bits per heavy atom. The van der Waals surface area contributed by atoms with Crippen molar-refractivity contribution in [3.8, 4) is 0 Å². The van der Waals surface area contributed by atoms with Crippen molar-refractivity contribution in [2.24, 2.45) is 11.8 Å². The topological polar surface area (TPSA) is 126 Å². The van der Waals surface area contributed by atoms with Gasteiger partial charge in [-0.25, -0.2) is 16.8 Å². The lowest BCUT2D eigenvalue weighted by molar-refractivity contribution is -0.123. The first-order valence-corrected chi connectivity index (χ1v) is 9.47. The van der Waals surface area contributed by atoms with Crippen molar-refractivity contribution >= 4 is 31.9 Å². The molecule has 0 aliphatic rings. The second-order valence-corrected chi connectivity index (χ2v) is 8.28. The highest BCUT2D eigenvalue weighted by Gasteiger charge is 2.11. The summed E-state index contributed by atoms with van der Waals surface area (Å²) in [5.41, 5.74) is 0. The third-order valence-electron chi connectivity index (χ3n) is 1.62. The molecule has 0 spiro atoms. The maximum absolute atomic E-state index is 10.7. The fourth-order valence-electron chi connectivity index (χ4n) is 0.601. The van der Waals surface area contributed by atoms with Gasteiger partial charge in [0.2, 0.25) is 31.9 Å². The van der Waals surface area contributed by atoms with E-state index in [0.29, 0.717) is 0 Å². The molecule has 0 fully saturated rings. The maximum atomic E-state index is 10.7. The lowest BCUT2D eigenvalue weighted by atomic mass is 10.2. The van der Waals surface area contributed by atoms with Gasteiger partial charge in [0.15, 0.2) is 0 Å². The highest BCUT2D eigenvalue weighted by molar-refractivity contribution is 7.89. The van der Waals surface area contributed by atoms with Crippen LogP contribution >= 0.6 is 0 Å². The highest BCUT2D eigenvalue weighted by Crippen LogP contribution is 1.91. The van der Waals surface area contributed by atoms with Gasteiger partial charge in [0.05, 0.1) is 12.5 Å². The summed E-state index contributed by atoms with van der Waals surface area (Å²) in [5, 5.41) is 0. The second-order valence-electron chi connectivity index (χ2n) is 4.79. The summed E-state index contributed by atoms with van der Waals surface area (Å²) in [4.78, 5) is 21.3. The third-order valence-corrected chi connectivity index (χ3v) is 2.76. The maximum Gasteiger partial charge on any atom is 0.235 e. The summed E-state index contributed by atoms with van der Waals surface area (Å²) in [6, 6.07) is 0. The number of carbonyl (C=O) groups excluding carboxylic acids is 2. The zero-order chi connectivity index (χ0) is 16.7. The summed E-state index contributed by atoms with van der Waals surface area (Å²) in [5.74, 6) is -1.53. The van der Waals surface area contributed by atoms with Crippen LogP contribution in [0.5, 0.6) is 0 Å². The summed E-state index contributed by atoms with van der Waals surface area (Å²) < 4.78 is 45.4. The van der Waals surface area contributed by atoms with Crippen molar-refractivity contribution in [3.63, 3.8) is 0 Å². The Balaban J connectivity index is 0. The number of carbonyl (C=O) groups is 2. The van der Waals surface area contributed by atoms with E-state index in [0.717, 1.165) is 12.5 Å². The Hall–Kier alpha value is -1.16. The molecule has 20 heavy (non-hydrogen) atoms. The number of hydrogen-bond acceptors (Lipinski definition) is 6. The molecule has 0 aliphatic carbocycles. The molecule has 2 N–H and O–H groups in total. The van der Waals surface area contributed by atoms with Gasteiger partial charge in [0, 0.05) is 11.8 Å². The van der Waals surface area contributed by atoms with Crippen LogP contribution < -0.4 is 9.44 Å². The lowest BCUT2D eigenvalue weighted by Gasteiger charge is -2.03. The van der Waals surface area contributed by atoms with Crippen LogP contribution in [-0.2, 0) is 29.6 Å². The van der Waals surface area contributed by atoms with Crippen molar-refractivity contribution in [1.29, 1.82) is 0 Å². The van der Waals surface area contributed by atoms with E-state index in [-0.39, 0.29) is 11.8 Å². The Kier molecular flexibility index (Phi) is 8.67. The summed E-state index contributed by atoms with van der Waals surface area (Å²) in [6.45, 7) is 6.50. The van der Waals surface area contributed by atoms with Crippen LogP contribution in [0.3, 0.4) is 0 Å². The van der Waals surface area contributed by atoms with Crippen LogP contribution in [0, 0.1) is 11.8 Å². The van der Waals surface area contributed by atoms with E-state index in [1.165, 1.54) is 0 Å². The van der Waals surface area contributed by atoms with Gasteiger partial charge < -0.3 is 0 Å². The van der Waals surface area contributed by atoms with E-state index in [1.807, 2.05) is 9.44 Å². The predicted octanol–water partition coefficient (Wildman–Crippen LogP) is -0.564. The Labute approximate surface area is 120 Å². The van der Waals surface area contributed by atoms with Gasteiger partial charge >= 0.3 is 0 Å². The summed E-state index contributed by atoms with van der Waals surface area (Å²) in [7, 11) is -6.74. The molecule has 120 valence electrons. The molecule has 0 aromatic rings. The second kappa shape index (κ2) is 8.20. The molecule has 0 rings (SSSR count). The lowest BCUT2D eigenvalue weighted by Crippen LogP contribution is -2.32. The first kappa shape index (κ1) is 21.1. The molecular formula is C10H22N2O6S2. The predicted molar refractivity (Wildman–Crippen MR) is 75.6 cm³/mol. The fourth-order valence-corrected chi connectivity index (χ4v) is 1.80. The Bertz CT molecular complexity index is 484. The van der Waals surface area contributed by atoms with E-state index in [9.17, 15) is 26.4 Å². The molecule has 0 radical (unpaired) electrons. The van der Waals surface area contributed by atoms with Gasteiger partial charge in [-0.1, -0.05) is 27.7 Å². The van der Waals surface area contributed by atoms with Crippen molar-refractivity contribution in [3.05, 3.63) is 0 Å². The normalized spacial score (nSPS) is 11.6. The largest absolute Gasteiger partial charge is 0.274 e. The number of sulfonamides is 2. The van der Waals surface area contributed by atoms with Crippen LogP contribution in [0.15, 0.2) is 0 Å². The monoisotopic (exact) mass is 330 g/mol. The van der Waals surface area contributed by atoms with Crippen molar-refractivity contribution in [2.45, 2.75) is 27.7 Å². The van der Waals surface area contributed by atoms with E-state index in [1.54, 1.807) is 27.7 Å². The van der Waals surface area contributed by atoms with E-state index in [4.69, 9.17) is 0 Å². The first-order chi connectivity index (χ1) is 8.65. The smallest absolute Gasteiger partial charge is 0.235 e. The molecule has 0 aromatic carbocycles. The molecule has 8 nitrogen and oxygen atoms in total. The molecule has 10 heteroatoms. The van der Waals surface area contributed by atoms with Crippen LogP contribution in [0.4, 0.5) is 0 Å². The summed E-state index contributed by atoms with van der Waals surface area (Å²) >= 11 is 0. The number of amides is 2. The van der Waals surface area contributed by atoms with Crippen molar-refractivity contribution in [2.75, 3.05) is 12.5 Å². The van der Waals surface area contributed by atoms with Crippen LogP contribution in [0.1, 0.15) is 27.7 Å². The Morgan fingerprint density at radius 2 is 0.900 bits per heavy atom. The SMILES string of the molecule is CC(C)C(=O)NS(C)(=O)=O.CC(C)C(=O)NS(C)(=O)=O. The molecule has 0 unspecified atom stereocenters. The minimum atomic E-state index is -3.37. The zero-order valence-corrected chi connectivity index (χ0v) is 14.1. The third kappa shape index (κ3) is 14.9. The minimum Gasteiger partial charge on any atom is -0.274 e. The molecule has 0 saturated heterocycles. The van der Waals surface area contributed by atoms with Gasteiger partial charge in [0.1, 0.15) is 0 Å². The zero-order valence-electron chi connectivity index (χ0n) is 12.4. The van der Waals surface area contributed by atoms with Gasteiger partial charge in [-0.2, -0.15) is 0 Å². The van der Waals surface area contributed by atoms with Crippen molar-refractivity contribution < 1.29 is 26.4 Å². The van der Waals surface area contributed by atoms with Gasteiger partial charge in [-0.05, 0) is 0 Å². The summed E-state index contributed by atoms with van der Waals surface area (Å²) in [6.07, 6.45) is 1.90. The molecule has 0 atom stereocenters. The first-order valence-electron chi connectivity index (χ1n) is 5.69. The Morgan fingerprint density at radius 1 is 0.700 bits per heavy atom.